The smallest absolute Gasteiger partial charge is 0.345 e. The zero-order valence-corrected chi connectivity index (χ0v) is 29.5. The van der Waals surface area contributed by atoms with E-state index in [0.29, 0.717) is 34.2 Å². The summed E-state index contributed by atoms with van der Waals surface area (Å²) in [5.74, 6) is 0.647. The molecule has 4 heterocycles. The quantitative estimate of drug-likeness (QED) is 0.153. The first-order valence-electron chi connectivity index (χ1n) is 16.2. The van der Waals surface area contributed by atoms with Crippen LogP contribution >= 0.6 is 0 Å². The number of methoxy groups -OCH3 is 2. The molecule has 0 saturated heterocycles. The molecule has 2 aromatic carbocycles. The third-order valence-electron chi connectivity index (χ3n) is 7.59. The van der Waals surface area contributed by atoms with Crippen molar-refractivity contribution in [2.45, 2.75) is 27.7 Å². The number of carbonyl (C=O) groups excluding carboxylic acids is 2. The van der Waals surface area contributed by atoms with Crippen LogP contribution in [-0.4, -0.2) is 79.1 Å². The minimum Gasteiger partial charge on any atom is -0.507 e. The van der Waals surface area contributed by atoms with Gasteiger partial charge in [-0.15, -0.1) is 0 Å². The Kier molecular flexibility index (Phi) is 11.5. The lowest BCUT2D eigenvalue weighted by Gasteiger charge is -2.10. The summed E-state index contributed by atoms with van der Waals surface area (Å²) in [5.41, 5.74) is 4.79. The van der Waals surface area contributed by atoms with Crippen LogP contribution in [-0.2, 0) is 9.47 Å². The lowest BCUT2D eigenvalue weighted by atomic mass is 10.1. The molecule has 4 aromatic heterocycles. The summed E-state index contributed by atoms with van der Waals surface area (Å²) in [6, 6.07) is 21.3. The largest absolute Gasteiger partial charge is 0.507 e. The predicted molar refractivity (Wildman–Crippen MR) is 191 cm³/mol. The molecule has 0 aliphatic rings. The number of aromatic nitrogens is 6. The highest BCUT2D eigenvalue weighted by Gasteiger charge is 2.23. The van der Waals surface area contributed by atoms with E-state index in [0.717, 1.165) is 11.1 Å². The number of aryl methyl sites for hydroxylation is 2. The minimum absolute atomic E-state index is 0.139. The van der Waals surface area contributed by atoms with E-state index in [9.17, 15) is 19.8 Å². The number of phenolic OH excluding ortho intramolecular Hbond substituents is 2. The molecular weight excluding hydrogens is 668 g/mol. The van der Waals surface area contributed by atoms with Gasteiger partial charge in [-0.3, -0.25) is 0 Å². The number of carbonyl (C=O) groups is 2. The normalized spacial score (nSPS) is 10.6. The Morgan fingerprint density at radius 1 is 0.635 bits per heavy atom. The van der Waals surface area contributed by atoms with Gasteiger partial charge in [-0.1, -0.05) is 29.8 Å². The number of pyridine rings is 2. The van der Waals surface area contributed by atoms with E-state index in [1.165, 1.54) is 36.0 Å². The Bertz CT molecular complexity index is 2210. The molecule has 0 radical (unpaired) electrons. The fourth-order valence-electron chi connectivity index (χ4n) is 5.19. The summed E-state index contributed by atoms with van der Waals surface area (Å²) >= 11 is 0. The molecule has 6 aromatic rings. The number of benzene rings is 2. The van der Waals surface area contributed by atoms with Gasteiger partial charge < -0.3 is 29.2 Å². The molecule has 0 aliphatic carbocycles. The molecule has 52 heavy (non-hydrogen) atoms. The van der Waals surface area contributed by atoms with Crippen LogP contribution in [0.4, 0.5) is 0 Å². The van der Waals surface area contributed by atoms with Gasteiger partial charge in [0.25, 0.3) is 0 Å². The predicted octanol–water partition coefficient (Wildman–Crippen LogP) is 6.27. The molecule has 0 atom stereocenters. The summed E-state index contributed by atoms with van der Waals surface area (Å²) in [6.07, 6.45) is 2.77. The van der Waals surface area contributed by atoms with E-state index in [-0.39, 0.29) is 47.6 Å². The fraction of sp³-hybridized carbons (Fsp3) is 0.211. The van der Waals surface area contributed by atoms with E-state index >= 15 is 0 Å². The Morgan fingerprint density at radius 3 is 1.60 bits per heavy atom. The molecule has 0 amide bonds. The second-order valence-corrected chi connectivity index (χ2v) is 11.2. The Hall–Kier alpha value is -6.70. The summed E-state index contributed by atoms with van der Waals surface area (Å²) in [7, 11) is 2.90. The average molecular weight is 707 g/mol. The average Bonchev–Trinajstić information content (AvgIpc) is 3.78. The molecule has 14 heteroatoms. The van der Waals surface area contributed by atoms with Crippen LogP contribution in [0.3, 0.4) is 0 Å². The van der Waals surface area contributed by atoms with Crippen molar-refractivity contribution in [3.63, 3.8) is 0 Å². The van der Waals surface area contributed by atoms with Gasteiger partial charge in [0.05, 0.1) is 51.2 Å². The Morgan fingerprint density at radius 2 is 1.12 bits per heavy atom. The van der Waals surface area contributed by atoms with Crippen LogP contribution in [0.5, 0.6) is 23.3 Å². The Labute approximate surface area is 299 Å². The highest BCUT2D eigenvalue weighted by Crippen LogP contribution is 2.32. The van der Waals surface area contributed by atoms with Gasteiger partial charge in [0.1, 0.15) is 22.6 Å². The molecule has 0 bridgehead atoms. The maximum absolute atomic E-state index is 12.0. The number of esters is 2. The van der Waals surface area contributed by atoms with Gasteiger partial charge in [-0.25, -0.2) is 19.6 Å². The number of hydrogen-bond donors (Lipinski definition) is 2. The molecular formula is C38H38N6O8. The molecule has 0 spiro atoms. The maximum atomic E-state index is 12.0. The molecule has 2 N–H and O–H groups in total. The second kappa shape index (κ2) is 16.3. The van der Waals surface area contributed by atoms with Gasteiger partial charge in [0.15, 0.2) is 11.6 Å². The molecule has 0 aliphatic heterocycles. The molecule has 6 rings (SSSR count). The number of nitrogens with zero attached hydrogens (tertiary/aromatic N) is 6. The Balaban J connectivity index is 0.000000201. The van der Waals surface area contributed by atoms with E-state index in [1.807, 2.05) is 32.0 Å². The minimum atomic E-state index is -0.511. The topological polar surface area (TPSA) is 173 Å². The fourth-order valence-corrected chi connectivity index (χ4v) is 5.19. The number of phenols is 2. The monoisotopic (exact) mass is 706 g/mol. The number of hydrogen-bond acceptors (Lipinski definition) is 12. The first-order chi connectivity index (χ1) is 25.1. The number of rotatable bonds is 10. The molecule has 14 nitrogen and oxygen atoms in total. The van der Waals surface area contributed by atoms with Crippen molar-refractivity contribution in [1.82, 2.24) is 29.5 Å². The second-order valence-electron chi connectivity index (χ2n) is 11.2. The summed E-state index contributed by atoms with van der Waals surface area (Å²) in [4.78, 5) is 33.1. The third kappa shape index (κ3) is 7.86. The van der Waals surface area contributed by atoms with Crippen LogP contribution in [0.1, 0.15) is 45.7 Å². The van der Waals surface area contributed by atoms with Crippen molar-refractivity contribution in [2.75, 3.05) is 27.4 Å². The van der Waals surface area contributed by atoms with Crippen molar-refractivity contribution in [3.8, 4) is 57.4 Å². The van der Waals surface area contributed by atoms with Crippen molar-refractivity contribution in [3.05, 3.63) is 107 Å². The first-order valence-corrected chi connectivity index (χ1v) is 16.2. The SMILES string of the molecule is CCOC(=O)c1cnn(-c2cccc(-c3cc(C)ccc3O)n2)c1OC.CCOC(=O)c1cnn(-c2cccc(-c3ccc(C)cc3O)n2)c1OC. The van der Waals surface area contributed by atoms with Crippen LogP contribution in [0.25, 0.3) is 34.2 Å². The van der Waals surface area contributed by atoms with E-state index in [2.05, 4.69) is 20.2 Å². The van der Waals surface area contributed by atoms with Crippen molar-refractivity contribution >= 4 is 11.9 Å². The summed E-state index contributed by atoms with van der Waals surface area (Å²) in [6.45, 7) is 7.82. The lowest BCUT2D eigenvalue weighted by Crippen LogP contribution is -2.08. The van der Waals surface area contributed by atoms with Gasteiger partial charge in [-0.05, 0) is 81.8 Å². The van der Waals surface area contributed by atoms with Crippen molar-refractivity contribution in [1.29, 1.82) is 0 Å². The van der Waals surface area contributed by atoms with Crippen molar-refractivity contribution < 1.29 is 38.7 Å². The van der Waals surface area contributed by atoms with E-state index < -0.39 is 11.9 Å². The van der Waals surface area contributed by atoms with Gasteiger partial charge in [0, 0.05) is 11.1 Å². The van der Waals surface area contributed by atoms with Crippen LogP contribution in [0.15, 0.2) is 85.2 Å². The number of ether oxygens (including phenoxy) is 4. The van der Waals surface area contributed by atoms with Gasteiger partial charge in [-0.2, -0.15) is 19.6 Å². The van der Waals surface area contributed by atoms with Gasteiger partial charge >= 0.3 is 11.9 Å². The van der Waals surface area contributed by atoms with Crippen molar-refractivity contribution in [2.24, 2.45) is 0 Å². The maximum Gasteiger partial charge on any atom is 0.345 e. The highest BCUT2D eigenvalue weighted by atomic mass is 16.5. The molecule has 268 valence electrons. The summed E-state index contributed by atoms with van der Waals surface area (Å²) < 4.78 is 23.5. The first kappa shape index (κ1) is 36.6. The standard InChI is InChI=1S/2C19H19N3O4/c1-4-26-19(24)14-11-20-22(18(14)25-3)17-7-5-6-15(21-17)13-10-12(2)8-9-16(13)23;1-4-26-19(24)14-11-20-22(18(14)25-3)17-7-5-6-15(21-17)13-9-8-12(2)10-16(13)23/h2*5-11,23H,4H2,1-3H3. The van der Waals surface area contributed by atoms with Crippen LogP contribution < -0.4 is 9.47 Å². The van der Waals surface area contributed by atoms with E-state index in [4.69, 9.17) is 18.9 Å². The summed E-state index contributed by atoms with van der Waals surface area (Å²) in [5, 5.41) is 28.7. The zero-order chi connectivity index (χ0) is 37.4. The molecule has 0 fully saturated rings. The van der Waals surface area contributed by atoms with Gasteiger partial charge in [0.2, 0.25) is 11.8 Å². The van der Waals surface area contributed by atoms with E-state index in [1.54, 1.807) is 68.4 Å². The van der Waals surface area contributed by atoms with Crippen LogP contribution in [0.2, 0.25) is 0 Å². The number of aromatic hydroxyl groups is 2. The van der Waals surface area contributed by atoms with Crippen LogP contribution in [0, 0.1) is 13.8 Å². The molecule has 0 unspecified atom stereocenters. The third-order valence-corrected chi connectivity index (χ3v) is 7.59. The highest BCUT2D eigenvalue weighted by molar-refractivity contribution is 5.92. The molecule has 0 saturated carbocycles. The zero-order valence-electron chi connectivity index (χ0n) is 29.5. The lowest BCUT2D eigenvalue weighted by molar-refractivity contribution is 0.0512.